The molecule has 0 unspecified atom stereocenters. The van der Waals surface area contributed by atoms with Crippen LogP contribution in [0.4, 0.5) is 0 Å². The Kier molecular flexibility index (Phi) is 5.25. The third kappa shape index (κ3) is 3.50. The lowest BCUT2D eigenvalue weighted by Crippen LogP contribution is -2.40. The molecular weight excluding hydrogens is 284 g/mol. The fourth-order valence-corrected chi connectivity index (χ4v) is 2.39. The lowest BCUT2D eigenvalue weighted by Gasteiger charge is -2.14. The van der Waals surface area contributed by atoms with E-state index >= 15 is 0 Å². The minimum absolute atomic E-state index is 0.0516. The van der Waals surface area contributed by atoms with Gasteiger partial charge in [-0.05, 0) is 38.5 Å². The van der Waals surface area contributed by atoms with Crippen LogP contribution in [0.25, 0.3) is 0 Å². The molecule has 1 heterocycles. The lowest BCUT2D eigenvalue weighted by molar-refractivity contribution is -0.128. The number of carbonyl (C=O) groups excluding carboxylic acids is 2. The summed E-state index contributed by atoms with van der Waals surface area (Å²) in [6.07, 6.45) is 0.635. The summed E-state index contributed by atoms with van der Waals surface area (Å²) in [6, 6.07) is 4.59. The van der Waals surface area contributed by atoms with Gasteiger partial charge in [-0.3, -0.25) is 9.59 Å². The number of nitrogens with zero attached hydrogens (tertiary/aromatic N) is 1. The van der Waals surface area contributed by atoms with Crippen molar-refractivity contribution in [1.29, 1.82) is 0 Å². The normalized spacial score (nSPS) is 17.5. The van der Waals surface area contributed by atoms with Gasteiger partial charge in [0.15, 0.2) is 11.5 Å². The zero-order chi connectivity index (χ0) is 16.1. The van der Waals surface area contributed by atoms with Crippen LogP contribution in [0.1, 0.15) is 30.6 Å². The molecule has 6 nitrogen and oxygen atoms in total. The first-order chi connectivity index (χ1) is 10.6. The number of benzene rings is 1. The summed E-state index contributed by atoms with van der Waals surface area (Å²) in [5.41, 5.74) is 0.453. The van der Waals surface area contributed by atoms with Gasteiger partial charge in [0.05, 0.1) is 13.2 Å². The van der Waals surface area contributed by atoms with Gasteiger partial charge in [0.2, 0.25) is 5.91 Å². The maximum atomic E-state index is 12.3. The number of carbonyl (C=O) groups is 2. The fraction of sp³-hybridized carbons (Fsp3) is 0.500. The van der Waals surface area contributed by atoms with E-state index in [1.807, 2.05) is 13.8 Å². The standard InChI is InChI=1S/C16H22N2O4/c1-4-21-13-7-6-11(10-14(13)22-5-2)15(19)17-12-8-9-18(3)16(12)20/h6-7,10,12H,4-5,8-9H2,1-3H3,(H,17,19)/t12-/m1/s1. The Hall–Kier alpha value is -2.24. The van der Waals surface area contributed by atoms with Gasteiger partial charge in [-0.25, -0.2) is 0 Å². The molecule has 1 aliphatic heterocycles. The first-order valence-electron chi connectivity index (χ1n) is 7.52. The van der Waals surface area contributed by atoms with E-state index in [1.54, 1.807) is 30.1 Å². The van der Waals surface area contributed by atoms with E-state index in [0.717, 1.165) is 0 Å². The highest BCUT2D eigenvalue weighted by Gasteiger charge is 2.30. The minimum Gasteiger partial charge on any atom is -0.490 e. The van der Waals surface area contributed by atoms with E-state index in [-0.39, 0.29) is 11.8 Å². The van der Waals surface area contributed by atoms with Crippen molar-refractivity contribution in [3.63, 3.8) is 0 Å². The van der Waals surface area contributed by atoms with E-state index in [9.17, 15) is 9.59 Å². The van der Waals surface area contributed by atoms with E-state index < -0.39 is 6.04 Å². The van der Waals surface area contributed by atoms with Gasteiger partial charge in [0.25, 0.3) is 5.91 Å². The maximum absolute atomic E-state index is 12.3. The number of likely N-dealkylation sites (N-methyl/N-ethyl adjacent to an activating group) is 1. The summed E-state index contributed by atoms with van der Waals surface area (Å²) < 4.78 is 11.0. The second kappa shape index (κ2) is 7.15. The molecule has 1 atom stereocenters. The zero-order valence-corrected chi connectivity index (χ0v) is 13.2. The zero-order valence-electron chi connectivity index (χ0n) is 13.2. The van der Waals surface area contributed by atoms with Crippen molar-refractivity contribution in [2.75, 3.05) is 26.8 Å². The number of rotatable bonds is 6. The summed E-state index contributed by atoms with van der Waals surface area (Å²) in [5, 5.41) is 2.77. The highest BCUT2D eigenvalue weighted by atomic mass is 16.5. The second-order valence-electron chi connectivity index (χ2n) is 5.10. The Bertz CT molecular complexity index is 559. The quantitative estimate of drug-likeness (QED) is 0.863. The molecule has 0 aromatic heterocycles. The van der Waals surface area contributed by atoms with Gasteiger partial charge in [-0.2, -0.15) is 0 Å². The molecule has 1 aromatic carbocycles. The number of likely N-dealkylation sites (tertiary alicyclic amines) is 1. The summed E-state index contributed by atoms with van der Waals surface area (Å²) in [7, 11) is 1.73. The van der Waals surface area contributed by atoms with Crippen LogP contribution in [-0.2, 0) is 4.79 Å². The Morgan fingerprint density at radius 2 is 1.95 bits per heavy atom. The molecule has 1 aliphatic rings. The molecular formula is C16H22N2O4. The van der Waals surface area contributed by atoms with Crippen LogP contribution in [0, 0.1) is 0 Å². The predicted octanol–water partition coefficient (Wildman–Crippen LogP) is 1.44. The summed E-state index contributed by atoms with van der Waals surface area (Å²) in [4.78, 5) is 25.8. The third-order valence-electron chi connectivity index (χ3n) is 3.54. The van der Waals surface area contributed by atoms with Crippen LogP contribution in [0.15, 0.2) is 18.2 Å². The molecule has 120 valence electrons. The van der Waals surface area contributed by atoms with Gasteiger partial charge in [0, 0.05) is 19.2 Å². The summed E-state index contributed by atoms with van der Waals surface area (Å²) in [5.74, 6) is 0.811. The molecule has 2 amide bonds. The average Bonchev–Trinajstić information content (AvgIpc) is 2.81. The monoisotopic (exact) mass is 306 g/mol. The highest BCUT2D eigenvalue weighted by molar-refractivity contribution is 5.98. The van der Waals surface area contributed by atoms with Crippen molar-refractivity contribution in [3.05, 3.63) is 23.8 Å². The van der Waals surface area contributed by atoms with Gasteiger partial charge < -0.3 is 19.7 Å². The first kappa shape index (κ1) is 16.1. The van der Waals surface area contributed by atoms with Crippen LogP contribution < -0.4 is 14.8 Å². The fourth-order valence-electron chi connectivity index (χ4n) is 2.39. The molecule has 0 bridgehead atoms. The molecule has 2 rings (SSSR count). The Morgan fingerprint density at radius 1 is 1.27 bits per heavy atom. The van der Waals surface area contributed by atoms with E-state index in [1.165, 1.54) is 0 Å². The van der Waals surface area contributed by atoms with Crippen molar-refractivity contribution < 1.29 is 19.1 Å². The third-order valence-corrected chi connectivity index (χ3v) is 3.54. The van der Waals surface area contributed by atoms with Crippen LogP contribution >= 0.6 is 0 Å². The molecule has 1 N–H and O–H groups in total. The number of hydrogen-bond donors (Lipinski definition) is 1. The molecule has 0 radical (unpaired) electrons. The SMILES string of the molecule is CCOc1ccc(C(=O)N[C@@H]2CCN(C)C2=O)cc1OCC. The van der Waals surface area contributed by atoms with Gasteiger partial charge >= 0.3 is 0 Å². The number of ether oxygens (including phenoxy) is 2. The molecule has 1 fully saturated rings. The molecule has 1 aromatic rings. The molecule has 0 spiro atoms. The lowest BCUT2D eigenvalue weighted by atomic mass is 10.1. The number of hydrogen-bond acceptors (Lipinski definition) is 4. The van der Waals surface area contributed by atoms with Gasteiger partial charge in [-0.1, -0.05) is 0 Å². The topological polar surface area (TPSA) is 67.9 Å². The van der Waals surface area contributed by atoms with Crippen LogP contribution in [0.3, 0.4) is 0 Å². The Morgan fingerprint density at radius 3 is 2.55 bits per heavy atom. The van der Waals surface area contributed by atoms with Crippen molar-refractivity contribution >= 4 is 11.8 Å². The minimum atomic E-state index is -0.445. The van der Waals surface area contributed by atoms with Crippen molar-refractivity contribution in [3.8, 4) is 11.5 Å². The van der Waals surface area contributed by atoms with E-state index in [4.69, 9.17) is 9.47 Å². The van der Waals surface area contributed by atoms with Crippen LogP contribution in [-0.4, -0.2) is 49.6 Å². The Balaban J connectivity index is 2.12. The predicted molar refractivity (Wildman–Crippen MR) is 82.3 cm³/mol. The van der Waals surface area contributed by atoms with Crippen molar-refractivity contribution in [2.45, 2.75) is 26.3 Å². The van der Waals surface area contributed by atoms with Gasteiger partial charge in [0.1, 0.15) is 6.04 Å². The molecule has 22 heavy (non-hydrogen) atoms. The number of amides is 2. The second-order valence-corrected chi connectivity index (χ2v) is 5.10. The first-order valence-corrected chi connectivity index (χ1v) is 7.52. The average molecular weight is 306 g/mol. The van der Waals surface area contributed by atoms with Crippen LogP contribution in [0.5, 0.6) is 11.5 Å². The van der Waals surface area contributed by atoms with E-state index in [0.29, 0.717) is 43.2 Å². The van der Waals surface area contributed by atoms with Gasteiger partial charge in [-0.15, -0.1) is 0 Å². The van der Waals surface area contributed by atoms with Crippen LogP contribution in [0.2, 0.25) is 0 Å². The molecule has 6 heteroatoms. The molecule has 0 aliphatic carbocycles. The van der Waals surface area contributed by atoms with Crippen molar-refractivity contribution in [2.24, 2.45) is 0 Å². The number of nitrogens with one attached hydrogen (secondary N) is 1. The molecule has 0 saturated carbocycles. The Labute approximate surface area is 130 Å². The highest BCUT2D eigenvalue weighted by Crippen LogP contribution is 2.28. The maximum Gasteiger partial charge on any atom is 0.252 e. The summed E-state index contributed by atoms with van der Waals surface area (Å²) >= 11 is 0. The smallest absolute Gasteiger partial charge is 0.252 e. The molecule has 1 saturated heterocycles. The summed E-state index contributed by atoms with van der Waals surface area (Å²) in [6.45, 7) is 5.43. The largest absolute Gasteiger partial charge is 0.490 e. The van der Waals surface area contributed by atoms with Crippen molar-refractivity contribution in [1.82, 2.24) is 10.2 Å². The van der Waals surface area contributed by atoms with E-state index in [2.05, 4.69) is 5.32 Å².